The third-order valence-electron chi connectivity index (χ3n) is 5.06. The molecule has 0 unspecified atom stereocenters. The van der Waals surface area contributed by atoms with Crippen molar-refractivity contribution in [1.82, 2.24) is 9.55 Å². The number of anilines is 2. The second-order valence-electron chi connectivity index (χ2n) is 7.54. The monoisotopic (exact) mass is 526 g/mol. The summed E-state index contributed by atoms with van der Waals surface area (Å²) in [5, 5.41) is 2.46. The van der Waals surface area contributed by atoms with Crippen LogP contribution in [0.4, 0.5) is 20.3 Å². The van der Waals surface area contributed by atoms with E-state index in [1.54, 1.807) is 0 Å². The van der Waals surface area contributed by atoms with Crippen molar-refractivity contribution in [2.45, 2.75) is 6.73 Å². The number of amides is 1. The number of carbonyl (C=O) groups is 2. The van der Waals surface area contributed by atoms with Crippen molar-refractivity contribution in [1.29, 1.82) is 0 Å². The summed E-state index contributed by atoms with van der Waals surface area (Å²) in [5.41, 5.74) is 5.05. The first-order valence-corrected chi connectivity index (χ1v) is 10.9. The highest BCUT2D eigenvalue weighted by Gasteiger charge is 2.18. The summed E-state index contributed by atoms with van der Waals surface area (Å²) in [6.45, 7) is -0.0870. The Bertz CT molecular complexity index is 1540. The molecule has 0 aliphatic rings. The molecule has 0 fully saturated rings. The van der Waals surface area contributed by atoms with Gasteiger partial charge in [0.2, 0.25) is 5.43 Å². The number of rotatable bonds is 8. The van der Waals surface area contributed by atoms with E-state index in [1.807, 2.05) is 0 Å². The van der Waals surface area contributed by atoms with E-state index in [0.29, 0.717) is 5.56 Å². The maximum atomic E-state index is 14.7. The molecule has 2 aromatic carbocycles. The zero-order chi connectivity index (χ0) is 26.5. The van der Waals surface area contributed by atoms with Crippen molar-refractivity contribution in [3.63, 3.8) is 0 Å². The predicted molar refractivity (Wildman–Crippen MR) is 131 cm³/mol. The smallest absolute Gasteiger partial charge is 0.294 e. The number of hydrogen-bond donors (Lipinski definition) is 2. The number of nitrogen functional groups attached to an aromatic ring is 1. The van der Waals surface area contributed by atoms with Crippen molar-refractivity contribution in [2.75, 3.05) is 11.1 Å². The van der Waals surface area contributed by atoms with Gasteiger partial charge in [0, 0.05) is 42.0 Å². The first-order valence-electron chi connectivity index (χ1n) is 10.5. The molecule has 4 aromatic rings. The Morgan fingerprint density at radius 1 is 1.11 bits per heavy atom. The quantitative estimate of drug-likeness (QED) is 0.321. The molecule has 2 aromatic heterocycles. The number of nitrogens with zero attached hydrogens (tertiary/aromatic N) is 2. The van der Waals surface area contributed by atoms with Crippen LogP contribution in [0.5, 0.6) is 11.5 Å². The lowest BCUT2D eigenvalue weighted by Crippen LogP contribution is -2.25. The molecule has 0 aliphatic heterocycles. The van der Waals surface area contributed by atoms with E-state index in [9.17, 15) is 23.2 Å². The highest BCUT2D eigenvalue weighted by atomic mass is 35.5. The summed E-state index contributed by atoms with van der Waals surface area (Å²) in [5.74, 6) is -2.30. The van der Waals surface area contributed by atoms with Crippen LogP contribution in [0.3, 0.4) is 0 Å². The molecule has 2 heterocycles. The lowest BCUT2D eigenvalue weighted by Gasteiger charge is -2.13. The number of hydrogen-bond acceptors (Lipinski definition) is 7. The number of nitrogens with two attached hydrogens (primary N) is 1. The topological polar surface area (TPSA) is 126 Å². The maximum Gasteiger partial charge on any atom is 0.294 e. The van der Waals surface area contributed by atoms with Crippen LogP contribution in [-0.4, -0.2) is 21.9 Å². The van der Waals surface area contributed by atoms with E-state index in [-0.39, 0.29) is 52.4 Å². The van der Waals surface area contributed by atoms with Gasteiger partial charge < -0.3 is 25.1 Å². The summed E-state index contributed by atoms with van der Waals surface area (Å²) >= 11 is 6.02. The van der Waals surface area contributed by atoms with E-state index < -0.39 is 23.0 Å². The predicted octanol–water partition coefficient (Wildman–Crippen LogP) is 4.60. The van der Waals surface area contributed by atoms with Crippen LogP contribution in [-0.2, 0) is 16.3 Å². The van der Waals surface area contributed by atoms with Crippen molar-refractivity contribution < 1.29 is 27.8 Å². The molecule has 0 spiro atoms. The zero-order valence-corrected chi connectivity index (χ0v) is 19.5. The Morgan fingerprint density at radius 3 is 2.57 bits per heavy atom. The Labute approximate surface area is 213 Å². The van der Waals surface area contributed by atoms with Gasteiger partial charge in [-0.1, -0.05) is 23.7 Å². The summed E-state index contributed by atoms with van der Waals surface area (Å²) < 4.78 is 39.5. The minimum Gasteiger partial charge on any atom is -0.453 e. The van der Waals surface area contributed by atoms with Crippen LogP contribution in [0.1, 0.15) is 10.4 Å². The Kier molecular flexibility index (Phi) is 7.44. The molecule has 4 rings (SSSR count). The molecule has 12 heteroatoms. The molecular weight excluding hydrogens is 510 g/mol. The zero-order valence-electron chi connectivity index (χ0n) is 18.8. The summed E-state index contributed by atoms with van der Waals surface area (Å²) in [7, 11) is 0. The number of halogens is 3. The lowest BCUT2D eigenvalue weighted by atomic mass is 10.0. The van der Waals surface area contributed by atoms with Gasteiger partial charge in [-0.25, -0.2) is 13.8 Å². The molecule has 1 amide bonds. The van der Waals surface area contributed by atoms with Crippen molar-refractivity contribution in [3.8, 4) is 22.6 Å². The van der Waals surface area contributed by atoms with Gasteiger partial charge >= 0.3 is 0 Å². The maximum absolute atomic E-state index is 14.7. The van der Waals surface area contributed by atoms with Gasteiger partial charge in [-0.05, 0) is 29.8 Å². The van der Waals surface area contributed by atoms with Crippen LogP contribution in [0.2, 0.25) is 5.02 Å². The second-order valence-corrected chi connectivity index (χ2v) is 7.92. The number of pyridine rings is 2. The molecule has 0 radical (unpaired) electrons. The van der Waals surface area contributed by atoms with Gasteiger partial charge in [0.15, 0.2) is 24.0 Å². The first-order chi connectivity index (χ1) is 17.8. The van der Waals surface area contributed by atoms with Gasteiger partial charge in [0.05, 0.1) is 0 Å². The SMILES string of the molecule is Nc1nccc(Oc2ccc(NC(=O)c3cn(COC=O)cc(-c4ccc(F)cc4)c3=O)cc2F)c1Cl. The minimum absolute atomic E-state index is 0.00940. The van der Waals surface area contributed by atoms with E-state index >= 15 is 0 Å². The summed E-state index contributed by atoms with van der Waals surface area (Å²) in [4.78, 5) is 40.5. The highest BCUT2D eigenvalue weighted by molar-refractivity contribution is 6.34. The van der Waals surface area contributed by atoms with Crippen LogP contribution < -0.4 is 21.2 Å². The van der Waals surface area contributed by atoms with Crippen molar-refractivity contribution in [3.05, 3.63) is 99.6 Å². The van der Waals surface area contributed by atoms with Crippen LogP contribution in [0.15, 0.2) is 71.9 Å². The molecule has 0 saturated carbocycles. The summed E-state index contributed by atoms with van der Waals surface area (Å²) in [6, 6.07) is 10.1. The third kappa shape index (κ3) is 5.73. The molecular formula is C25H17ClF2N4O5. The van der Waals surface area contributed by atoms with E-state index in [2.05, 4.69) is 10.3 Å². The Balaban J connectivity index is 1.62. The molecule has 3 N–H and O–H groups in total. The molecule has 0 bridgehead atoms. The lowest BCUT2D eigenvalue weighted by molar-refractivity contribution is -0.132. The highest BCUT2D eigenvalue weighted by Crippen LogP contribution is 2.34. The number of aromatic nitrogens is 2. The van der Waals surface area contributed by atoms with E-state index in [1.165, 1.54) is 53.5 Å². The average Bonchev–Trinajstić information content (AvgIpc) is 2.88. The average molecular weight is 527 g/mol. The molecule has 0 aliphatic carbocycles. The van der Waals surface area contributed by atoms with E-state index in [4.69, 9.17) is 26.8 Å². The Morgan fingerprint density at radius 2 is 1.86 bits per heavy atom. The molecule has 0 atom stereocenters. The largest absolute Gasteiger partial charge is 0.453 e. The van der Waals surface area contributed by atoms with Crippen LogP contribution >= 0.6 is 11.6 Å². The van der Waals surface area contributed by atoms with Gasteiger partial charge in [0.25, 0.3) is 12.4 Å². The van der Waals surface area contributed by atoms with Crippen LogP contribution in [0.25, 0.3) is 11.1 Å². The third-order valence-corrected chi connectivity index (χ3v) is 5.44. The molecule has 188 valence electrons. The number of benzene rings is 2. The summed E-state index contributed by atoms with van der Waals surface area (Å²) in [6.07, 6.45) is 3.88. The van der Waals surface area contributed by atoms with Crippen molar-refractivity contribution >= 4 is 35.5 Å². The van der Waals surface area contributed by atoms with E-state index in [0.717, 1.165) is 18.2 Å². The minimum atomic E-state index is -0.855. The first kappa shape index (κ1) is 25.3. The van der Waals surface area contributed by atoms with Gasteiger partial charge in [-0.15, -0.1) is 0 Å². The van der Waals surface area contributed by atoms with Gasteiger partial charge in [-0.2, -0.15) is 0 Å². The van der Waals surface area contributed by atoms with Crippen molar-refractivity contribution in [2.24, 2.45) is 0 Å². The fourth-order valence-corrected chi connectivity index (χ4v) is 3.47. The standard InChI is InChI=1S/C25H17ClF2N4O5/c26-22-21(7-8-30-24(22)29)37-20-6-5-16(9-19(20)28)31-25(35)18-11-32(12-36-13-33)10-17(23(18)34)14-1-3-15(27)4-2-14/h1-11,13H,12H2,(H2,29,30)(H,31,35). The molecule has 37 heavy (non-hydrogen) atoms. The normalized spacial score (nSPS) is 10.6. The molecule has 9 nitrogen and oxygen atoms in total. The molecule has 0 saturated heterocycles. The van der Waals surface area contributed by atoms with Gasteiger partial charge in [-0.3, -0.25) is 14.4 Å². The number of carbonyl (C=O) groups excluding carboxylic acids is 2. The van der Waals surface area contributed by atoms with Gasteiger partial charge in [0.1, 0.15) is 22.2 Å². The number of ether oxygens (including phenoxy) is 2. The van der Waals surface area contributed by atoms with Crippen LogP contribution in [0, 0.1) is 11.6 Å². The fraction of sp³-hybridized carbons (Fsp3) is 0.0400. The fourth-order valence-electron chi connectivity index (χ4n) is 3.32. The second kappa shape index (κ2) is 10.9. The number of nitrogens with one attached hydrogen (secondary N) is 1. The Hall–Kier alpha value is -4.77.